The number of piperazine rings is 1. The van der Waals surface area contributed by atoms with Gasteiger partial charge in [-0.3, -0.25) is 4.79 Å². The first-order chi connectivity index (χ1) is 13.6. The van der Waals surface area contributed by atoms with Crippen LogP contribution in [0.1, 0.15) is 10.6 Å². The van der Waals surface area contributed by atoms with Gasteiger partial charge in [0, 0.05) is 38.9 Å². The van der Waals surface area contributed by atoms with Crippen molar-refractivity contribution in [2.45, 2.75) is 4.90 Å². The molecule has 1 fully saturated rings. The van der Waals surface area contributed by atoms with E-state index in [9.17, 15) is 18.0 Å². The van der Waals surface area contributed by atoms with Gasteiger partial charge in [0.25, 0.3) is 5.91 Å². The lowest BCUT2D eigenvalue weighted by molar-refractivity contribution is 0.101. The zero-order valence-corrected chi connectivity index (χ0v) is 18.3. The fourth-order valence-corrected chi connectivity index (χ4v) is 5.04. The SMILES string of the molecule is Cn1c(Br)cnc1C(=O)Nc1ccc(S(=O)(=O)N2CCN(C(=O)O)CC2)c(Cl)c1. The number of nitrogens with one attached hydrogen (secondary N) is 1. The molecule has 0 aliphatic carbocycles. The molecule has 1 aliphatic heterocycles. The summed E-state index contributed by atoms with van der Waals surface area (Å²) in [5.74, 6) is -0.310. The number of aromatic nitrogens is 2. The number of carbonyl (C=O) groups excluding carboxylic acids is 1. The van der Waals surface area contributed by atoms with Gasteiger partial charge in [0.2, 0.25) is 10.0 Å². The second kappa shape index (κ2) is 8.30. The van der Waals surface area contributed by atoms with Crippen molar-refractivity contribution < 1.29 is 23.1 Å². The number of hydrogen-bond donors (Lipinski definition) is 2. The molecule has 0 spiro atoms. The molecule has 2 heterocycles. The predicted molar refractivity (Wildman–Crippen MR) is 109 cm³/mol. The van der Waals surface area contributed by atoms with Gasteiger partial charge in [0.15, 0.2) is 5.82 Å². The zero-order chi connectivity index (χ0) is 21.3. The molecule has 29 heavy (non-hydrogen) atoms. The highest BCUT2D eigenvalue weighted by molar-refractivity contribution is 9.10. The standard InChI is InChI=1S/C16H17BrClN5O5S/c1-21-13(17)9-19-14(21)15(24)20-10-2-3-12(11(18)8-10)29(27,28)23-6-4-22(5-7-23)16(25)26/h2-3,8-9H,4-7H2,1H3,(H,20,24)(H,25,26). The highest BCUT2D eigenvalue weighted by Crippen LogP contribution is 2.28. The van der Waals surface area contributed by atoms with Crippen LogP contribution in [0.2, 0.25) is 5.02 Å². The molecule has 3 rings (SSSR count). The van der Waals surface area contributed by atoms with Gasteiger partial charge in [0.1, 0.15) is 9.50 Å². The summed E-state index contributed by atoms with van der Waals surface area (Å²) in [4.78, 5) is 28.4. The largest absolute Gasteiger partial charge is 0.465 e. The molecule has 0 saturated carbocycles. The van der Waals surface area contributed by atoms with Crippen molar-refractivity contribution >= 4 is 55.2 Å². The van der Waals surface area contributed by atoms with E-state index >= 15 is 0 Å². The van der Waals surface area contributed by atoms with Crippen LogP contribution < -0.4 is 5.32 Å². The van der Waals surface area contributed by atoms with Crippen LogP contribution in [-0.2, 0) is 17.1 Å². The second-order valence-corrected chi connectivity index (χ2v) is 9.36. The fraction of sp³-hybridized carbons (Fsp3) is 0.312. The van der Waals surface area contributed by atoms with E-state index in [1.165, 1.54) is 28.7 Å². The lowest BCUT2D eigenvalue weighted by atomic mass is 10.3. The van der Waals surface area contributed by atoms with E-state index in [4.69, 9.17) is 16.7 Å². The second-order valence-electron chi connectivity index (χ2n) is 6.24. The summed E-state index contributed by atoms with van der Waals surface area (Å²) < 4.78 is 29.1. The molecule has 1 aromatic carbocycles. The summed E-state index contributed by atoms with van der Waals surface area (Å²) in [6.07, 6.45) is 0.404. The molecule has 156 valence electrons. The van der Waals surface area contributed by atoms with E-state index in [2.05, 4.69) is 26.2 Å². The number of carbonyl (C=O) groups is 2. The van der Waals surface area contributed by atoms with Crippen LogP contribution >= 0.6 is 27.5 Å². The summed E-state index contributed by atoms with van der Waals surface area (Å²) >= 11 is 9.44. The topological polar surface area (TPSA) is 125 Å². The van der Waals surface area contributed by atoms with Crippen molar-refractivity contribution in [2.24, 2.45) is 7.05 Å². The van der Waals surface area contributed by atoms with Crippen molar-refractivity contribution in [1.82, 2.24) is 18.8 Å². The average Bonchev–Trinajstić information content (AvgIpc) is 3.00. The molecule has 0 unspecified atom stereocenters. The number of nitrogens with zero attached hydrogens (tertiary/aromatic N) is 4. The summed E-state index contributed by atoms with van der Waals surface area (Å²) in [5, 5.41) is 11.6. The van der Waals surface area contributed by atoms with Gasteiger partial charge in [-0.05, 0) is 34.1 Å². The summed E-state index contributed by atoms with van der Waals surface area (Å²) in [6.45, 7) is 0.244. The third-order valence-electron chi connectivity index (χ3n) is 4.45. The molecule has 2 aromatic rings. The van der Waals surface area contributed by atoms with Crippen LogP contribution in [0.25, 0.3) is 0 Å². The van der Waals surface area contributed by atoms with Gasteiger partial charge in [-0.2, -0.15) is 4.31 Å². The van der Waals surface area contributed by atoms with Crippen LogP contribution in [0.5, 0.6) is 0 Å². The van der Waals surface area contributed by atoms with Crippen molar-refractivity contribution in [1.29, 1.82) is 0 Å². The summed E-state index contributed by atoms with van der Waals surface area (Å²) in [6, 6.07) is 4.09. The molecular formula is C16H17BrClN5O5S. The molecule has 0 atom stereocenters. The third-order valence-corrected chi connectivity index (χ3v) is 7.57. The van der Waals surface area contributed by atoms with Crippen molar-refractivity contribution in [3.8, 4) is 0 Å². The van der Waals surface area contributed by atoms with Gasteiger partial charge in [0.05, 0.1) is 11.2 Å². The number of anilines is 1. The first-order valence-corrected chi connectivity index (χ1v) is 11.0. The Kier molecular flexibility index (Phi) is 6.17. The lowest BCUT2D eigenvalue weighted by Gasteiger charge is -2.32. The Morgan fingerprint density at radius 1 is 1.24 bits per heavy atom. The molecule has 0 bridgehead atoms. The molecular weight excluding hydrogens is 490 g/mol. The number of rotatable bonds is 4. The quantitative estimate of drug-likeness (QED) is 0.654. The maximum absolute atomic E-state index is 12.9. The van der Waals surface area contributed by atoms with E-state index in [1.807, 2.05) is 0 Å². The maximum atomic E-state index is 12.9. The van der Waals surface area contributed by atoms with Crippen LogP contribution in [0.3, 0.4) is 0 Å². The summed E-state index contributed by atoms with van der Waals surface area (Å²) in [7, 11) is -2.23. The van der Waals surface area contributed by atoms with Crippen LogP contribution in [0.15, 0.2) is 33.9 Å². The fourth-order valence-electron chi connectivity index (χ4n) is 2.83. The Bertz CT molecular complexity index is 1070. The van der Waals surface area contributed by atoms with Crippen LogP contribution in [0.4, 0.5) is 10.5 Å². The van der Waals surface area contributed by atoms with Crippen LogP contribution in [0, 0.1) is 0 Å². The molecule has 2 N–H and O–H groups in total. The predicted octanol–water partition coefficient (Wildman–Crippen LogP) is 2.07. The Balaban J connectivity index is 1.76. The minimum absolute atomic E-state index is 0.0392. The number of amides is 2. The van der Waals surface area contributed by atoms with E-state index in [-0.39, 0.29) is 41.9 Å². The zero-order valence-electron chi connectivity index (χ0n) is 15.2. The minimum Gasteiger partial charge on any atom is -0.465 e. The van der Waals surface area contributed by atoms with Gasteiger partial charge in [-0.15, -0.1) is 0 Å². The molecule has 1 aromatic heterocycles. The Hall–Kier alpha value is -2.15. The normalized spacial score (nSPS) is 15.3. The first-order valence-electron chi connectivity index (χ1n) is 8.37. The Labute approximate surface area is 180 Å². The molecule has 10 nitrogen and oxygen atoms in total. The van der Waals surface area contributed by atoms with Crippen molar-refractivity contribution in [3.63, 3.8) is 0 Å². The number of hydrogen-bond acceptors (Lipinski definition) is 5. The van der Waals surface area contributed by atoms with E-state index < -0.39 is 22.0 Å². The van der Waals surface area contributed by atoms with Gasteiger partial charge < -0.3 is 19.9 Å². The molecule has 13 heteroatoms. The van der Waals surface area contributed by atoms with Gasteiger partial charge in [-0.25, -0.2) is 18.2 Å². The minimum atomic E-state index is -3.90. The molecule has 2 amide bonds. The molecule has 1 saturated heterocycles. The monoisotopic (exact) mass is 505 g/mol. The number of imidazole rings is 1. The lowest BCUT2D eigenvalue weighted by Crippen LogP contribution is -2.50. The van der Waals surface area contributed by atoms with E-state index in [1.54, 1.807) is 11.6 Å². The Morgan fingerprint density at radius 2 is 1.90 bits per heavy atom. The smallest absolute Gasteiger partial charge is 0.407 e. The average molecular weight is 507 g/mol. The van der Waals surface area contributed by atoms with Gasteiger partial charge >= 0.3 is 6.09 Å². The Morgan fingerprint density at radius 3 is 2.41 bits per heavy atom. The number of benzene rings is 1. The first kappa shape index (κ1) is 21.6. The summed E-state index contributed by atoms with van der Waals surface area (Å²) in [5.41, 5.74) is 0.314. The number of halogens is 2. The van der Waals surface area contributed by atoms with E-state index in [0.717, 1.165) is 4.90 Å². The number of sulfonamides is 1. The number of carboxylic acid groups (broad SMARTS) is 1. The molecule has 1 aliphatic rings. The van der Waals surface area contributed by atoms with E-state index in [0.29, 0.717) is 10.3 Å². The molecule has 0 radical (unpaired) electrons. The van der Waals surface area contributed by atoms with Crippen LogP contribution in [-0.4, -0.2) is 70.5 Å². The van der Waals surface area contributed by atoms with Crippen molar-refractivity contribution in [3.05, 3.63) is 39.8 Å². The maximum Gasteiger partial charge on any atom is 0.407 e. The highest BCUT2D eigenvalue weighted by atomic mass is 79.9. The van der Waals surface area contributed by atoms with Gasteiger partial charge in [-0.1, -0.05) is 11.6 Å². The van der Waals surface area contributed by atoms with Crippen molar-refractivity contribution in [2.75, 3.05) is 31.5 Å². The highest BCUT2D eigenvalue weighted by Gasteiger charge is 2.31. The third kappa shape index (κ3) is 4.39.